The van der Waals surface area contributed by atoms with Crippen molar-refractivity contribution in [2.45, 2.75) is 26.3 Å². The molecule has 1 N–H and O–H groups in total. The number of hydrogen-bond donors (Lipinski definition) is 1. The number of nitrogens with one attached hydrogen (secondary N) is 1. The van der Waals surface area contributed by atoms with E-state index in [0.29, 0.717) is 12.1 Å². The predicted octanol–water partition coefficient (Wildman–Crippen LogP) is 2.64. The Morgan fingerprint density at radius 1 is 1.27 bits per heavy atom. The first-order valence-electron chi connectivity index (χ1n) is 7.54. The highest BCUT2D eigenvalue weighted by Gasteiger charge is 2.09. The molecule has 0 saturated heterocycles. The van der Waals surface area contributed by atoms with Crippen molar-refractivity contribution < 1.29 is 4.79 Å². The first kappa shape index (κ1) is 15.9. The summed E-state index contributed by atoms with van der Waals surface area (Å²) in [5, 5.41) is 2.89. The van der Waals surface area contributed by atoms with Crippen LogP contribution in [-0.2, 0) is 6.54 Å². The molecule has 0 spiro atoms. The molecule has 0 fully saturated rings. The number of amides is 1. The van der Waals surface area contributed by atoms with Crippen molar-refractivity contribution >= 4 is 11.6 Å². The second-order valence-electron chi connectivity index (χ2n) is 5.25. The van der Waals surface area contributed by atoms with Crippen molar-refractivity contribution in [3.05, 3.63) is 54.1 Å². The molecule has 1 amide bonds. The van der Waals surface area contributed by atoms with Crippen LogP contribution < -0.4 is 10.2 Å². The van der Waals surface area contributed by atoms with Gasteiger partial charge in [-0.25, -0.2) is 0 Å². The number of unbranched alkanes of at least 4 members (excludes halogenated alkanes) is 1. The minimum Gasteiger partial charge on any atom is -0.373 e. The van der Waals surface area contributed by atoms with E-state index in [1.807, 2.05) is 25.2 Å². The minimum atomic E-state index is -0.123. The summed E-state index contributed by atoms with van der Waals surface area (Å²) in [6, 6.07) is 5.66. The number of pyridine rings is 2. The van der Waals surface area contributed by atoms with E-state index < -0.39 is 0 Å². The molecule has 0 aliphatic rings. The van der Waals surface area contributed by atoms with Crippen molar-refractivity contribution in [1.29, 1.82) is 0 Å². The van der Waals surface area contributed by atoms with E-state index in [1.165, 1.54) is 0 Å². The number of hydrogen-bond acceptors (Lipinski definition) is 4. The van der Waals surface area contributed by atoms with Gasteiger partial charge in [-0.3, -0.25) is 14.8 Å². The standard InChI is InChI=1S/C17H22N4O/c1-3-4-8-21(2)16-9-15(12-19-13-16)17(22)20-11-14-6-5-7-18-10-14/h5-7,9-10,12-13H,3-4,8,11H2,1-2H3,(H,20,22). The molecule has 5 nitrogen and oxygen atoms in total. The average Bonchev–Trinajstić information content (AvgIpc) is 2.58. The number of rotatable bonds is 7. The third-order valence-electron chi connectivity index (χ3n) is 3.45. The van der Waals surface area contributed by atoms with Crippen molar-refractivity contribution in [2.24, 2.45) is 0 Å². The minimum absolute atomic E-state index is 0.123. The van der Waals surface area contributed by atoms with Crippen molar-refractivity contribution in [3.63, 3.8) is 0 Å². The number of aromatic nitrogens is 2. The molecule has 0 aliphatic carbocycles. The van der Waals surface area contributed by atoms with Crippen LogP contribution in [-0.4, -0.2) is 29.5 Å². The summed E-state index contributed by atoms with van der Waals surface area (Å²) in [5.41, 5.74) is 2.51. The van der Waals surface area contributed by atoms with Gasteiger partial charge in [-0.2, -0.15) is 0 Å². The lowest BCUT2D eigenvalue weighted by Crippen LogP contribution is -2.24. The van der Waals surface area contributed by atoms with Gasteiger partial charge >= 0.3 is 0 Å². The quantitative estimate of drug-likeness (QED) is 0.853. The Hall–Kier alpha value is -2.43. The Kier molecular flexibility index (Phi) is 5.89. The summed E-state index contributed by atoms with van der Waals surface area (Å²) in [7, 11) is 2.02. The smallest absolute Gasteiger partial charge is 0.253 e. The molecule has 0 saturated carbocycles. The summed E-state index contributed by atoms with van der Waals surface area (Å²) in [6.45, 7) is 3.58. The Morgan fingerprint density at radius 2 is 2.14 bits per heavy atom. The molecule has 116 valence electrons. The number of anilines is 1. The summed E-state index contributed by atoms with van der Waals surface area (Å²) in [5.74, 6) is -0.123. The molecule has 0 aliphatic heterocycles. The molecule has 2 heterocycles. The van der Waals surface area contributed by atoms with Crippen LogP contribution in [0.25, 0.3) is 0 Å². The molecule has 22 heavy (non-hydrogen) atoms. The first-order valence-corrected chi connectivity index (χ1v) is 7.54. The molecule has 0 atom stereocenters. The number of carbonyl (C=O) groups is 1. The molecule has 5 heteroatoms. The largest absolute Gasteiger partial charge is 0.373 e. The molecule has 0 aromatic carbocycles. The highest BCUT2D eigenvalue weighted by molar-refractivity contribution is 5.94. The predicted molar refractivity (Wildman–Crippen MR) is 87.8 cm³/mol. The molecule has 2 aromatic rings. The monoisotopic (exact) mass is 298 g/mol. The highest BCUT2D eigenvalue weighted by Crippen LogP contribution is 2.13. The molecule has 0 unspecified atom stereocenters. The van der Waals surface area contributed by atoms with Crippen LogP contribution >= 0.6 is 0 Å². The zero-order chi connectivity index (χ0) is 15.8. The summed E-state index contributed by atoms with van der Waals surface area (Å²) >= 11 is 0. The lowest BCUT2D eigenvalue weighted by atomic mass is 10.2. The van der Waals surface area contributed by atoms with Gasteiger partial charge in [-0.1, -0.05) is 19.4 Å². The van der Waals surface area contributed by atoms with Crippen LogP contribution in [0.3, 0.4) is 0 Å². The molecule has 0 bridgehead atoms. The second-order valence-corrected chi connectivity index (χ2v) is 5.25. The van der Waals surface area contributed by atoms with Gasteiger partial charge in [0.1, 0.15) is 0 Å². The van der Waals surface area contributed by atoms with Crippen molar-refractivity contribution in [1.82, 2.24) is 15.3 Å². The van der Waals surface area contributed by atoms with Gasteiger partial charge < -0.3 is 10.2 Å². The Morgan fingerprint density at radius 3 is 2.86 bits per heavy atom. The molecule has 2 aromatic heterocycles. The van der Waals surface area contributed by atoms with Crippen LogP contribution in [0.4, 0.5) is 5.69 Å². The summed E-state index contributed by atoms with van der Waals surface area (Å²) in [6.07, 6.45) is 9.10. The number of carbonyl (C=O) groups excluding carboxylic acids is 1. The molecular formula is C17H22N4O. The first-order chi connectivity index (χ1) is 10.7. The summed E-state index contributed by atoms with van der Waals surface area (Å²) < 4.78 is 0. The second kappa shape index (κ2) is 8.12. The fourth-order valence-electron chi connectivity index (χ4n) is 2.07. The van der Waals surface area contributed by atoms with E-state index in [1.54, 1.807) is 24.8 Å². The topological polar surface area (TPSA) is 58.1 Å². The Bertz CT molecular complexity index is 601. The van der Waals surface area contributed by atoms with Gasteiger partial charge in [0.15, 0.2) is 0 Å². The van der Waals surface area contributed by atoms with Crippen molar-refractivity contribution in [2.75, 3.05) is 18.5 Å². The van der Waals surface area contributed by atoms with Crippen LogP contribution in [0.5, 0.6) is 0 Å². The van der Waals surface area contributed by atoms with Crippen LogP contribution in [0, 0.1) is 0 Å². The van der Waals surface area contributed by atoms with Crippen LogP contribution in [0.2, 0.25) is 0 Å². The van der Waals surface area contributed by atoms with E-state index in [0.717, 1.165) is 30.6 Å². The zero-order valence-electron chi connectivity index (χ0n) is 13.1. The fraction of sp³-hybridized carbons (Fsp3) is 0.353. The molecule has 0 radical (unpaired) electrons. The third-order valence-corrected chi connectivity index (χ3v) is 3.45. The van der Waals surface area contributed by atoms with Crippen molar-refractivity contribution in [3.8, 4) is 0 Å². The number of nitrogens with zero attached hydrogens (tertiary/aromatic N) is 3. The average molecular weight is 298 g/mol. The van der Waals surface area contributed by atoms with E-state index in [2.05, 4.69) is 27.1 Å². The van der Waals surface area contributed by atoms with Gasteiger partial charge in [-0.05, 0) is 24.1 Å². The van der Waals surface area contributed by atoms with Gasteiger partial charge in [0.2, 0.25) is 0 Å². The lowest BCUT2D eigenvalue weighted by molar-refractivity contribution is 0.0950. The van der Waals surface area contributed by atoms with E-state index >= 15 is 0 Å². The van der Waals surface area contributed by atoms with Gasteiger partial charge in [-0.15, -0.1) is 0 Å². The highest BCUT2D eigenvalue weighted by atomic mass is 16.1. The van der Waals surface area contributed by atoms with E-state index in [9.17, 15) is 4.79 Å². The van der Waals surface area contributed by atoms with Gasteiger partial charge in [0.25, 0.3) is 5.91 Å². The maximum Gasteiger partial charge on any atom is 0.253 e. The Balaban J connectivity index is 1.97. The summed E-state index contributed by atoms with van der Waals surface area (Å²) in [4.78, 5) is 22.5. The molecule has 2 rings (SSSR count). The maximum atomic E-state index is 12.2. The normalized spacial score (nSPS) is 10.3. The van der Waals surface area contributed by atoms with E-state index in [-0.39, 0.29) is 5.91 Å². The third kappa shape index (κ3) is 4.55. The SMILES string of the molecule is CCCCN(C)c1cncc(C(=O)NCc2cccnc2)c1. The fourth-order valence-corrected chi connectivity index (χ4v) is 2.07. The van der Waals surface area contributed by atoms with Gasteiger partial charge in [0, 0.05) is 38.7 Å². The maximum absolute atomic E-state index is 12.2. The zero-order valence-corrected chi connectivity index (χ0v) is 13.1. The van der Waals surface area contributed by atoms with Crippen LogP contribution in [0.1, 0.15) is 35.7 Å². The van der Waals surface area contributed by atoms with E-state index in [4.69, 9.17) is 0 Å². The lowest BCUT2D eigenvalue weighted by Gasteiger charge is -2.19. The van der Waals surface area contributed by atoms with Gasteiger partial charge in [0.05, 0.1) is 17.4 Å². The molecular weight excluding hydrogens is 276 g/mol. The van der Waals surface area contributed by atoms with Crippen LogP contribution in [0.15, 0.2) is 43.0 Å². The Labute approximate surface area is 131 Å².